The molecule has 6 heteroatoms. The summed E-state index contributed by atoms with van der Waals surface area (Å²) in [7, 11) is 1.61. The van der Waals surface area contributed by atoms with Crippen LogP contribution in [0, 0.1) is 0 Å². The van der Waals surface area contributed by atoms with Gasteiger partial charge in [-0.1, -0.05) is 54.6 Å². The minimum atomic E-state index is -0.222. The Morgan fingerprint density at radius 3 is 2.62 bits per heavy atom. The molecule has 0 spiro atoms. The fourth-order valence-corrected chi connectivity index (χ4v) is 3.48. The number of carbonyl (C=O) groups excluding carboxylic acids is 1. The van der Waals surface area contributed by atoms with Crippen LogP contribution < -0.4 is 10.2 Å². The van der Waals surface area contributed by atoms with Crippen molar-refractivity contribution in [2.45, 2.75) is 13.0 Å². The van der Waals surface area contributed by atoms with Crippen molar-refractivity contribution < 1.29 is 9.53 Å². The molecule has 1 N–H and O–H groups in total. The molecule has 0 aliphatic carbocycles. The Balaban J connectivity index is 1.67. The number of hydrogen-bond acceptors (Lipinski definition) is 5. The van der Waals surface area contributed by atoms with Crippen LogP contribution in [0.25, 0.3) is 11.4 Å². The van der Waals surface area contributed by atoms with E-state index < -0.39 is 0 Å². The van der Waals surface area contributed by atoms with E-state index in [1.807, 2.05) is 30.3 Å². The highest BCUT2D eigenvalue weighted by Gasteiger charge is 2.20. The Morgan fingerprint density at radius 2 is 1.83 bits per heavy atom. The van der Waals surface area contributed by atoms with Gasteiger partial charge in [-0.05, 0) is 17.5 Å². The number of aromatic nitrogens is 2. The molecule has 0 atom stereocenters. The lowest BCUT2D eigenvalue weighted by Gasteiger charge is -2.30. The van der Waals surface area contributed by atoms with Gasteiger partial charge in [0.1, 0.15) is 11.5 Å². The molecule has 2 heterocycles. The average Bonchev–Trinajstić information content (AvgIpc) is 2.79. The van der Waals surface area contributed by atoms with Gasteiger partial charge in [0.25, 0.3) is 5.91 Å². The van der Waals surface area contributed by atoms with E-state index in [4.69, 9.17) is 9.72 Å². The van der Waals surface area contributed by atoms with Gasteiger partial charge < -0.3 is 15.0 Å². The van der Waals surface area contributed by atoms with Gasteiger partial charge in [-0.3, -0.25) is 4.79 Å². The maximum Gasteiger partial charge on any atom is 0.270 e. The van der Waals surface area contributed by atoms with E-state index in [-0.39, 0.29) is 5.91 Å². The summed E-state index contributed by atoms with van der Waals surface area (Å²) >= 11 is 0. The largest absolute Gasteiger partial charge is 0.383 e. The Bertz CT molecular complexity index is 991. The number of rotatable bonds is 6. The van der Waals surface area contributed by atoms with E-state index in [0.29, 0.717) is 24.7 Å². The maximum atomic E-state index is 12.7. The molecule has 6 nitrogen and oxygen atoms in total. The smallest absolute Gasteiger partial charge is 0.270 e. The first-order valence-electron chi connectivity index (χ1n) is 9.78. The molecule has 29 heavy (non-hydrogen) atoms. The van der Waals surface area contributed by atoms with Crippen molar-refractivity contribution in [3.05, 3.63) is 77.5 Å². The number of nitrogens with one attached hydrogen (secondary N) is 1. The summed E-state index contributed by atoms with van der Waals surface area (Å²) in [5, 5.41) is 2.85. The second-order valence-corrected chi connectivity index (χ2v) is 6.99. The number of benzene rings is 2. The van der Waals surface area contributed by atoms with E-state index in [1.54, 1.807) is 13.2 Å². The maximum absolute atomic E-state index is 12.7. The highest BCUT2D eigenvalue weighted by molar-refractivity contribution is 5.93. The Morgan fingerprint density at radius 1 is 1.07 bits per heavy atom. The van der Waals surface area contributed by atoms with Crippen LogP contribution in [0.3, 0.4) is 0 Å². The molecule has 148 valence electrons. The first-order valence-corrected chi connectivity index (χ1v) is 9.78. The monoisotopic (exact) mass is 388 g/mol. The molecule has 0 saturated heterocycles. The summed E-state index contributed by atoms with van der Waals surface area (Å²) in [6.45, 7) is 2.52. The molecule has 1 aliphatic heterocycles. The van der Waals surface area contributed by atoms with Crippen LogP contribution in [-0.2, 0) is 17.7 Å². The van der Waals surface area contributed by atoms with Crippen molar-refractivity contribution in [1.29, 1.82) is 0 Å². The molecular weight excluding hydrogens is 364 g/mol. The lowest BCUT2D eigenvalue weighted by Crippen LogP contribution is -2.32. The third-order valence-electron chi connectivity index (χ3n) is 5.02. The predicted molar refractivity (Wildman–Crippen MR) is 113 cm³/mol. The van der Waals surface area contributed by atoms with Gasteiger partial charge in [0, 0.05) is 38.4 Å². The van der Waals surface area contributed by atoms with Gasteiger partial charge in [0.2, 0.25) is 0 Å². The highest BCUT2D eigenvalue weighted by atomic mass is 16.5. The van der Waals surface area contributed by atoms with Crippen LogP contribution in [0.15, 0.2) is 60.7 Å². The number of anilines is 1. The summed E-state index contributed by atoms with van der Waals surface area (Å²) in [6.07, 6.45) is 0.955. The minimum absolute atomic E-state index is 0.222. The van der Waals surface area contributed by atoms with Crippen LogP contribution in [0.4, 0.5) is 5.82 Å². The number of methoxy groups -OCH3 is 1. The molecule has 1 aromatic heterocycles. The number of amides is 1. The van der Waals surface area contributed by atoms with E-state index in [1.165, 1.54) is 11.1 Å². The van der Waals surface area contributed by atoms with Gasteiger partial charge in [-0.2, -0.15) is 0 Å². The van der Waals surface area contributed by atoms with Gasteiger partial charge >= 0.3 is 0 Å². The third-order valence-corrected chi connectivity index (χ3v) is 5.02. The van der Waals surface area contributed by atoms with Gasteiger partial charge in [0.15, 0.2) is 5.82 Å². The lowest BCUT2D eigenvalue weighted by atomic mass is 10.00. The van der Waals surface area contributed by atoms with Gasteiger partial charge in [0.05, 0.1) is 6.61 Å². The lowest BCUT2D eigenvalue weighted by molar-refractivity contribution is 0.0932. The zero-order valence-corrected chi connectivity index (χ0v) is 16.5. The molecule has 4 rings (SSSR count). The van der Waals surface area contributed by atoms with Crippen LogP contribution >= 0.6 is 0 Å². The molecule has 1 amide bonds. The van der Waals surface area contributed by atoms with Crippen molar-refractivity contribution in [2.24, 2.45) is 0 Å². The van der Waals surface area contributed by atoms with Gasteiger partial charge in [-0.15, -0.1) is 0 Å². The van der Waals surface area contributed by atoms with Crippen molar-refractivity contribution in [2.75, 3.05) is 31.7 Å². The highest BCUT2D eigenvalue weighted by Crippen LogP contribution is 2.25. The van der Waals surface area contributed by atoms with E-state index in [2.05, 4.69) is 39.5 Å². The number of fused-ring (bicyclic) bond motifs is 1. The molecule has 1 aliphatic rings. The standard InChI is InChI=1S/C23H24N4O2/c1-29-14-12-24-23(28)20-15-21(26-22(25-20)18-8-3-2-4-9-18)27-13-11-17-7-5-6-10-19(17)16-27/h2-10,15H,11-14,16H2,1H3,(H,24,28). The Labute approximate surface area is 170 Å². The quantitative estimate of drug-likeness (QED) is 0.658. The Kier molecular flexibility index (Phi) is 5.81. The number of hydrogen-bond donors (Lipinski definition) is 1. The van der Waals surface area contributed by atoms with Crippen molar-refractivity contribution in [1.82, 2.24) is 15.3 Å². The Hall–Kier alpha value is -3.25. The first-order chi connectivity index (χ1) is 14.2. The van der Waals surface area contributed by atoms with E-state index in [0.717, 1.165) is 30.9 Å². The molecule has 3 aromatic rings. The summed E-state index contributed by atoms with van der Waals surface area (Å²) < 4.78 is 5.02. The molecule has 0 radical (unpaired) electrons. The number of carbonyl (C=O) groups is 1. The normalized spacial score (nSPS) is 13.1. The van der Waals surface area contributed by atoms with Crippen LogP contribution in [0.1, 0.15) is 21.6 Å². The van der Waals surface area contributed by atoms with Crippen LogP contribution in [0.5, 0.6) is 0 Å². The molecule has 0 saturated carbocycles. The third kappa shape index (κ3) is 4.43. The second kappa shape index (κ2) is 8.84. The molecule has 2 aromatic carbocycles. The minimum Gasteiger partial charge on any atom is -0.383 e. The van der Waals surface area contributed by atoms with Crippen molar-refractivity contribution in [3.8, 4) is 11.4 Å². The van der Waals surface area contributed by atoms with Crippen molar-refractivity contribution in [3.63, 3.8) is 0 Å². The molecule has 0 bridgehead atoms. The molecule has 0 unspecified atom stereocenters. The van der Waals surface area contributed by atoms with Gasteiger partial charge in [-0.25, -0.2) is 9.97 Å². The SMILES string of the molecule is COCCNC(=O)c1cc(N2CCc3ccccc3C2)nc(-c2ccccc2)n1. The zero-order valence-electron chi connectivity index (χ0n) is 16.5. The van der Waals surface area contributed by atoms with Crippen LogP contribution in [-0.4, -0.2) is 42.7 Å². The fraction of sp³-hybridized carbons (Fsp3) is 0.261. The molecular formula is C23H24N4O2. The first kappa shape index (κ1) is 19.1. The number of nitrogens with zero attached hydrogens (tertiary/aromatic N) is 3. The average molecular weight is 388 g/mol. The predicted octanol–water partition coefficient (Wildman–Crippen LogP) is 3.08. The number of ether oxygens (including phenoxy) is 1. The summed E-state index contributed by atoms with van der Waals surface area (Å²) in [4.78, 5) is 24.2. The molecule has 0 fully saturated rings. The van der Waals surface area contributed by atoms with Crippen LogP contribution in [0.2, 0.25) is 0 Å². The fourth-order valence-electron chi connectivity index (χ4n) is 3.48. The topological polar surface area (TPSA) is 67.3 Å². The van der Waals surface area contributed by atoms with E-state index >= 15 is 0 Å². The zero-order chi connectivity index (χ0) is 20.1. The summed E-state index contributed by atoms with van der Waals surface area (Å²) in [5.41, 5.74) is 3.92. The second-order valence-electron chi connectivity index (χ2n) is 6.99. The van der Waals surface area contributed by atoms with E-state index in [9.17, 15) is 4.79 Å². The van der Waals surface area contributed by atoms with Crippen molar-refractivity contribution >= 4 is 11.7 Å². The summed E-state index contributed by atoms with van der Waals surface area (Å²) in [6, 6.07) is 20.0. The summed E-state index contributed by atoms with van der Waals surface area (Å²) in [5.74, 6) is 1.10.